The highest BCUT2D eigenvalue weighted by Gasteiger charge is 2.33. The number of hydrogen-bond donors (Lipinski definition) is 1. The average Bonchev–Trinajstić information content (AvgIpc) is 2.81. The zero-order chi connectivity index (χ0) is 11.7. The van der Waals surface area contributed by atoms with Gasteiger partial charge >= 0.3 is 0 Å². The van der Waals surface area contributed by atoms with Crippen molar-refractivity contribution in [3.05, 3.63) is 11.1 Å². The molecule has 0 saturated heterocycles. The van der Waals surface area contributed by atoms with Crippen LogP contribution in [0.3, 0.4) is 0 Å². The minimum absolute atomic E-state index is 0.346. The first-order valence-corrected chi connectivity index (χ1v) is 6.83. The largest absolute Gasteiger partial charge is 0.351 e. The van der Waals surface area contributed by atoms with Crippen LogP contribution in [0, 0.1) is 11.8 Å². The lowest BCUT2D eigenvalue weighted by Crippen LogP contribution is -2.20. The third-order valence-electron chi connectivity index (χ3n) is 3.50. The molecule has 4 heteroatoms. The first-order valence-electron chi connectivity index (χ1n) is 5.95. The zero-order valence-corrected chi connectivity index (χ0v) is 11.3. The van der Waals surface area contributed by atoms with Crippen molar-refractivity contribution in [2.45, 2.75) is 26.3 Å². The molecule has 3 nitrogen and oxygen atoms in total. The molecule has 1 aromatic heterocycles. The molecule has 2 rings (SSSR count). The molecule has 0 aromatic carbocycles. The van der Waals surface area contributed by atoms with Crippen molar-refractivity contribution in [1.29, 1.82) is 0 Å². The molecule has 3 atom stereocenters. The minimum Gasteiger partial charge on any atom is -0.351 e. The summed E-state index contributed by atoms with van der Waals surface area (Å²) in [6.45, 7) is 5.62. The van der Waals surface area contributed by atoms with Crippen molar-refractivity contribution in [2.75, 3.05) is 25.5 Å². The molecule has 0 bridgehead atoms. The second-order valence-electron chi connectivity index (χ2n) is 4.92. The van der Waals surface area contributed by atoms with Gasteiger partial charge in [-0.1, -0.05) is 6.92 Å². The van der Waals surface area contributed by atoms with E-state index in [4.69, 9.17) is 0 Å². The standard InChI is InChI=1S/C12H21N3S/c1-8-5-10(8)6-15(4)12-14-11(7-16-12)9(2)13-3/h7-10,13H,5-6H2,1-4H3. The van der Waals surface area contributed by atoms with Crippen molar-refractivity contribution < 1.29 is 0 Å². The van der Waals surface area contributed by atoms with Gasteiger partial charge in [0.2, 0.25) is 0 Å². The smallest absolute Gasteiger partial charge is 0.185 e. The highest BCUT2D eigenvalue weighted by atomic mass is 32.1. The van der Waals surface area contributed by atoms with Gasteiger partial charge in [0, 0.05) is 25.0 Å². The fourth-order valence-corrected chi connectivity index (χ4v) is 2.78. The van der Waals surface area contributed by atoms with E-state index >= 15 is 0 Å². The molecule has 0 radical (unpaired) electrons. The second kappa shape index (κ2) is 4.72. The topological polar surface area (TPSA) is 28.2 Å². The van der Waals surface area contributed by atoms with Gasteiger partial charge in [0.05, 0.1) is 5.69 Å². The highest BCUT2D eigenvalue weighted by Crippen LogP contribution is 2.39. The third-order valence-corrected chi connectivity index (χ3v) is 4.47. The van der Waals surface area contributed by atoms with Crippen molar-refractivity contribution in [2.24, 2.45) is 11.8 Å². The maximum Gasteiger partial charge on any atom is 0.185 e. The van der Waals surface area contributed by atoms with Gasteiger partial charge < -0.3 is 10.2 Å². The van der Waals surface area contributed by atoms with Crippen LogP contribution in [0.5, 0.6) is 0 Å². The van der Waals surface area contributed by atoms with Crippen LogP contribution in [-0.4, -0.2) is 25.6 Å². The SMILES string of the molecule is CNC(C)c1csc(N(C)CC2CC2C)n1. The molecule has 0 spiro atoms. The van der Waals surface area contributed by atoms with Crippen LogP contribution in [0.15, 0.2) is 5.38 Å². The Hall–Kier alpha value is -0.610. The van der Waals surface area contributed by atoms with Gasteiger partial charge in [-0.05, 0) is 32.2 Å². The molecule has 1 aromatic rings. The van der Waals surface area contributed by atoms with Gasteiger partial charge in [-0.15, -0.1) is 11.3 Å². The van der Waals surface area contributed by atoms with Crippen LogP contribution >= 0.6 is 11.3 Å². The zero-order valence-electron chi connectivity index (χ0n) is 10.5. The number of hydrogen-bond acceptors (Lipinski definition) is 4. The molecule has 1 aliphatic carbocycles. The molecule has 0 aliphatic heterocycles. The fraction of sp³-hybridized carbons (Fsp3) is 0.750. The van der Waals surface area contributed by atoms with E-state index in [1.165, 1.54) is 6.42 Å². The van der Waals surface area contributed by atoms with Gasteiger partial charge in [0.25, 0.3) is 0 Å². The summed E-state index contributed by atoms with van der Waals surface area (Å²) in [7, 11) is 4.12. The predicted molar refractivity (Wildman–Crippen MR) is 70.1 cm³/mol. The van der Waals surface area contributed by atoms with Crippen LogP contribution in [0.2, 0.25) is 0 Å². The van der Waals surface area contributed by atoms with Gasteiger partial charge in [-0.25, -0.2) is 4.98 Å². The summed E-state index contributed by atoms with van der Waals surface area (Å²) in [5.41, 5.74) is 1.15. The molecule has 0 amide bonds. The second-order valence-corrected chi connectivity index (χ2v) is 5.76. The minimum atomic E-state index is 0.346. The summed E-state index contributed by atoms with van der Waals surface area (Å²) in [5, 5.41) is 6.52. The van der Waals surface area contributed by atoms with E-state index in [0.717, 1.165) is 29.2 Å². The van der Waals surface area contributed by atoms with E-state index < -0.39 is 0 Å². The molecular weight excluding hydrogens is 218 g/mol. The monoisotopic (exact) mass is 239 g/mol. The number of anilines is 1. The van der Waals surface area contributed by atoms with Gasteiger partial charge in [-0.3, -0.25) is 0 Å². The van der Waals surface area contributed by atoms with E-state index in [0.29, 0.717) is 6.04 Å². The first-order chi connectivity index (χ1) is 7.61. The maximum atomic E-state index is 4.67. The average molecular weight is 239 g/mol. The normalized spacial score (nSPS) is 25.5. The molecular formula is C12H21N3S. The van der Waals surface area contributed by atoms with Crippen LogP contribution in [0.1, 0.15) is 32.0 Å². The lowest BCUT2D eigenvalue weighted by atomic mass is 10.3. The Labute approximate surface area is 102 Å². The van der Waals surface area contributed by atoms with Crippen LogP contribution < -0.4 is 10.2 Å². The van der Waals surface area contributed by atoms with E-state index in [9.17, 15) is 0 Å². The predicted octanol–water partition coefficient (Wildman–Crippen LogP) is 2.52. The van der Waals surface area contributed by atoms with E-state index in [2.05, 4.69) is 41.5 Å². The fourth-order valence-electron chi connectivity index (χ4n) is 1.88. The molecule has 1 aliphatic rings. The molecule has 1 N–H and O–H groups in total. The summed E-state index contributed by atoms with van der Waals surface area (Å²) in [4.78, 5) is 6.97. The van der Waals surface area contributed by atoms with Gasteiger partial charge in [0.15, 0.2) is 5.13 Å². The number of aromatic nitrogens is 1. The number of nitrogens with one attached hydrogen (secondary N) is 1. The van der Waals surface area contributed by atoms with Crippen molar-refractivity contribution >= 4 is 16.5 Å². The Kier molecular flexibility index (Phi) is 3.50. The molecule has 1 saturated carbocycles. The summed E-state index contributed by atoms with van der Waals surface area (Å²) < 4.78 is 0. The van der Waals surface area contributed by atoms with Gasteiger partial charge in [0.1, 0.15) is 0 Å². The maximum absolute atomic E-state index is 4.67. The van der Waals surface area contributed by atoms with E-state index in [1.807, 2.05) is 7.05 Å². The first kappa shape index (κ1) is 11.9. The number of rotatable bonds is 5. The van der Waals surface area contributed by atoms with Crippen molar-refractivity contribution in [3.8, 4) is 0 Å². The lowest BCUT2D eigenvalue weighted by Gasteiger charge is -2.15. The van der Waals surface area contributed by atoms with E-state index in [1.54, 1.807) is 11.3 Å². The molecule has 3 unspecified atom stereocenters. The van der Waals surface area contributed by atoms with Gasteiger partial charge in [-0.2, -0.15) is 0 Å². The molecule has 16 heavy (non-hydrogen) atoms. The Morgan fingerprint density at radius 3 is 2.94 bits per heavy atom. The van der Waals surface area contributed by atoms with Crippen LogP contribution in [0.25, 0.3) is 0 Å². The van der Waals surface area contributed by atoms with Crippen LogP contribution in [0.4, 0.5) is 5.13 Å². The third kappa shape index (κ3) is 2.55. The Morgan fingerprint density at radius 1 is 1.69 bits per heavy atom. The Balaban J connectivity index is 1.95. The molecule has 1 heterocycles. The van der Waals surface area contributed by atoms with E-state index in [-0.39, 0.29) is 0 Å². The summed E-state index contributed by atoms with van der Waals surface area (Å²) in [5.74, 6) is 1.80. The quantitative estimate of drug-likeness (QED) is 0.856. The van der Waals surface area contributed by atoms with Crippen LogP contribution in [-0.2, 0) is 0 Å². The Bertz CT molecular complexity index is 350. The van der Waals surface area contributed by atoms with Crippen molar-refractivity contribution in [1.82, 2.24) is 10.3 Å². The summed E-state index contributed by atoms with van der Waals surface area (Å²) in [6.07, 6.45) is 1.38. The highest BCUT2D eigenvalue weighted by molar-refractivity contribution is 7.13. The number of nitrogens with zero attached hydrogens (tertiary/aromatic N) is 2. The molecule has 1 fully saturated rings. The Morgan fingerprint density at radius 2 is 2.38 bits per heavy atom. The van der Waals surface area contributed by atoms with Crippen molar-refractivity contribution in [3.63, 3.8) is 0 Å². The summed E-state index contributed by atoms with van der Waals surface area (Å²) in [6, 6.07) is 0.346. The molecule has 90 valence electrons. The lowest BCUT2D eigenvalue weighted by molar-refractivity contribution is 0.635. The summed E-state index contributed by atoms with van der Waals surface area (Å²) >= 11 is 1.75. The number of thiazole rings is 1.